The highest BCUT2D eigenvalue weighted by Crippen LogP contribution is 2.16. The molecule has 0 aliphatic carbocycles. The van der Waals surface area contributed by atoms with E-state index in [9.17, 15) is 0 Å². The molecule has 2 heterocycles. The zero-order valence-electron chi connectivity index (χ0n) is 12.8. The number of unbranched alkanes of at least 4 members (excludes halogenated alkanes) is 3. The van der Waals surface area contributed by atoms with Crippen LogP contribution in [0.2, 0.25) is 0 Å². The van der Waals surface area contributed by atoms with Gasteiger partial charge in [0.05, 0.1) is 0 Å². The summed E-state index contributed by atoms with van der Waals surface area (Å²) in [5, 5.41) is 0. The Kier molecular flexibility index (Phi) is 5.59. The van der Waals surface area contributed by atoms with Gasteiger partial charge in [-0.1, -0.05) is 26.2 Å². The van der Waals surface area contributed by atoms with E-state index in [1.807, 2.05) is 13.0 Å². The molecule has 0 amide bonds. The maximum atomic E-state index is 5.73. The van der Waals surface area contributed by atoms with Crippen LogP contribution >= 0.6 is 0 Å². The first-order chi connectivity index (χ1) is 9.69. The molecule has 0 unspecified atom stereocenters. The van der Waals surface area contributed by atoms with E-state index in [1.54, 1.807) is 0 Å². The summed E-state index contributed by atoms with van der Waals surface area (Å²) < 4.78 is 0. The highest BCUT2D eigenvalue weighted by molar-refractivity contribution is 5.43. The van der Waals surface area contributed by atoms with Gasteiger partial charge in [-0.3, -0.25) is 4.90 Å². The van der Waals surface area contributed by atoms with Crippen molar-refractivity contribution in [1.29, 1.82) is 0 Å². The van der Waals surface area contributed by atoms with Crippen molar-refractivity contribution in [1.82, 2.24) is 14.9 Å². The van der Waals surface area contributed by atoms with Crippen molar-refractivity contribution >= 4 is 11.8 Å². The van der Waals surface area contributed by atoms with E-state index in [1.165, 1.54) is 32.2 Å². The number of piperazine rings is 1. The smallest absolute Gasteiger partial charge is 0.222 e. The van der Waals surface area contributed by atoms with E-state index in [0.717, 1.165) is 37.7 Å². The molecule has 0 atom stereocenters. The quantitative estimate of drug-likeness (QED) is 0.807. The molecule has 0 saturated carbocycles. The third kappa shape index (κ3) is 4.34. The van der Waals surface area contributed by atoms with Crippen molar-refractivity contribution in [3.63, 3.8) is 0 Å². The lowest BCUT2D eigenvalue weighted by atomic mass is 10.2. The monoisotopic (exact) mass is 277 g/mol. The summed E-state index contributed by atoms with van der Waals surface area (Å²) in [6, 6.07) is 2.02. The molecule has 0 bridgehead atoms. The molecule has 20 heavy (non-hydrogen) atoms. The SMILES string of the molecule is CCCCCCN1CCN(c2cc(C)nc(N)n2)CC1. The highest BCUT2D eigenvalue weighted by atomic mass is 15.3. The van der Waals surface area contributed by atoms with Crippen LogP contribution in [-0.4, -0.2) is 47.6 Å². The van der Waals surface area contributed by atoms with Crippen LogP contribution in [-0.2, 0) is 0 Å². The Bertz CT molecular complexity index is 392. The summed E-state index contributed by atoms with van der Waals surface area (Å²) in [5.74, 6) is 1.35. The maximum absolute atomic E-state index is 5.73. The van der Waals surface area contributed by atoms with Gasteiger partial charge in [0.15, 0.2) is 0 Å². The van der Waals surface area contributed by atoms with Gasteiger partial charge >= 0.3 is 0 Å². The van der Waals surface area contributed by atoms with Crippen molar-refractivity contribution in [3.8, 4) is 0 Å². The molecule has 2 N–H and O–H groups in total. The molecule has 5 nitrogen and oxygen atoms in total. The normalized spacial score (nSPS) is 16.6. The van der Waals surface area contributed by atoms with Crippen LogP contribution in [0.5, 0.6) is 0 Å². The Balaban J connectivity index is 1.79. The van der Waals surface area contributed by atoms with Crippen LogP contribution in [0.3, 0.4) is 0 Å². The molecular weight excluding hydrogens is 250 g/mol. The Labute approximate surface area is 122 Å². The van der Waals surface area contributed by atoms with Crippen LogP contribution < -0.4 is 10.6 Å². The van der Waals surface area contributed by atoms with Gasteiger partial charge in [-0.25, -0.2) is 4.98 Å². The fourth-order valence-electron chi connectivity index (χ4n) is 2.70. The number of nitrogens with zero attached hydrogens (tertiary/aromatic N) is 4. The molecule has 1 aliphatic heterocycles. The van der Waals surface area contributed by atoms with Crippen LogP contribution in [0.25, 0.3) is 0 Å². The van der Waals surface area contributed by atoms with Crippen molar-refractivity contribution in [3.05, 3.63) is 11.8 Å². The molecule has 1 aromatic heterocycles. The Hall–Kier alpha value is -1.36. The van der Waals surface area contributed by atoms with Crippen molar-refractivity contribution in [2.75, 3.05) is 43.4 Å². The number of hydrogen-bond donors (Lipinski definition) is 1. The van der Waals surface area contributed by atoms with Crippen LogP contribution in [0.15, 0.2) is 6.07 Å². The van der Waals surface area contributed by atoms with Gasteiger partial charge in [0.25, 0.3) is 0 Å². The fraction of sp³-hybridized carbons (Fsp3) is 0.733. The van der Waals surface area contributed by atoms with E-state index in [0.29, 0.717) is 5.95 Å². The molecule has 5 heteroatoms. The van der Waals surface area contributed by atoms with E-state index >= 15 is 0 Å². The minimum Gasteiger partial charge on any atom is -0.368 e. The Morgan fingerprint density at radius 1 is 1.10 bits per heavy atom. The van der Waals surface area contributed by atoms with Gasteiger partial charge in [-0.2, -0.15) is 4.98 Å². The molecule has 0 aromatic carbocycles. The molecule has 1 aliphatic rings. The Morgan fingerprint density at radius 2 is 1.85 bits per heavy atom. The molecular formula is C15H27N5. The largest absolute Gasteiger partial charge is 0.368 e. The van der Waals surface area contributed by atoms with Crippen LogP contribution in [0.4, 0.5) is 11.8 Å². The standard InChI is InChI=1S/C15H27N5/c1-3-4-5-6-7-19-8-10-20(11-9-19)14-12-13(2)17-15(16)18-14/h12H,3-11H2,1-2H3,(H2,16,17,18). The average Bonchev–Trinajstić information content (AvgIpc) is 2.43. The number of anilines is 2. The van der Waals surface area contributed by atoms with Gasteiger partial charge in [0.2, 0.25) is 5.95 Å². The van der Waals surface area contributed by atoms with E-state index < -0.39 is 0 Å². The third-order valence-electron chi connectivity index (χ3n) is 3.88. The molecule has 1 aromatic rings. The minimum absolute atomic E-state index is 0.377. The molecule has 112 valence electrons. The van der Waals surface area contributed by atoms with Crippen molar-refractivity contribution in [2.45, 2.75) is 39.5 Å². The number of hydrogen-bond acceptors (Lipinski definition) is 5. The molecule has 1 fully saturated rings. The number of aryl methyl sites for hydroxylation is 1. The number of aromatic nitrogens is 2. The molecule has 0 spiro atoms. The van der Waals surface area contributed by atoms with Crippen molar-refractivity contribution < 1.29 is 0 Å². The highest BCUT2D eigenvalue weighted by Gasteiger charge is 2.18. The van der Waals surface area contributed by atoms with Crippen molar-refractivity contribution in [2.24, 2.45) is 0 Å². The second-order valence-electron chi connectivity index (χ2n) is 5.62. The summed E-state index contributed by atoms with van der Waals surface area (Å²) in [7, 11) is 0. The second-order valence-corrected chi connectivity index (χ2v) is 5.62. The maximum Gasteiger partial charge on any atom is 0.222 e. The van der Waals surface area contributed by atoms with Gasteiger partial charge < -0.3 is 10.6 Å². The predicted octanol–water partition coefficient (Wildman–Crippen LogP) is 2.07. The first-order valence-electron chi connectivity index (χ1n) is 7.77. The lowest BCUT2D eigenvalue weighted by Crippen LogP contribution is -2.47. The third-order valence-corrected chi connectivity index (χ3v) is 3.88. The first-order valence-corrected chi connectivity index (χ1v) is 7.77. The topological polar surface area (TPSA) is 58.3 Å². The Morgan fingerprint density at radius 3 is 2.50 bits per heavy atom. The number of nitrogen functional groups attached to an aromatic ring is 1. The zero-order valence-corrected chi connectivity index (χ0v) is 12.8. The first kappa shape index (κ1) is 15.0. The van der Waals surface area contributed by atoms with Gasteiger partial charge in [0, 0.05) is 37.9 Å². The zero-order chi connectivity index (χ0) is 14.4. The van der Waals surface area contributed by atoms with E-state index in [-0.39, 0.29) is 0 Å². The second kappa shape index (κ2) is 7.43. The van der Waals surface area contributed by atoms with Crippen LogP contribution in [0, 0.1) is 6.92 Å². The van der Waals surface area contributed by atoms with Gasteiger partial charge in [0.1, 0.15) is 5.82 Å². The molecule has 0 radical (unpaired) electrons. The van der Waals surface area contributed by atoms with Crippen LogP contribution in [0.1, 0.15) is 38.3 Å². The summed E-state index contributed by atoms with van der Waals surface area (Å²) in [6.07, 6.45) is 5.35. The van der Waals surface area contributed by atoms with E-state index in [4.69, 9.17) is 5.73 Å². The average molecular weight is 277 g/mol. The number of rotatable bonds is 6. The lowest BCUT2D eigenvalue weighted by Gasteiger charge is -2.35. The predicted molar refractivity (Wildman–Crippen MR) is 84.0 cm³/mol. The minimum atomic E-state index is 0.377. The summed E-state index contributed by atoms with van der Waals surface area (Å²) in [5.41, 5.74) is 6.67. The van der Waals surface area contributed by atoms with E-state index in [2.05, 4.69) is 26.7 Å². The summed E-state index contributed by atoms with van der Waals surface area (Å²) >= 11 is 0. The van der Waals surface area contributed by atoms with Gasteiger partial charge in [-0.15, -0.1) is 0 Å². The number of nitrogens with two attached hydrogens (primary N) is 1. The summed E-state index contributed by atoms with van der Waals surface area (Å²) in [4.78, 5) is 13.3. The molecule has 2 rings (SSSR count). The summed E-state index contributed by atoms with van der Waals surface area (Å²) in [6.45, 7) is 9.76. The van der Waals surface area contributed by atoms with Gasteiger partial charge in [-0.05, 0) is 19.9 Å². The molecule has 1 saturated heterocycles. The fourth-order valence-corrected chi connectivity index (χ4v) is 2.70. The lowest BCUT2D eigenvalue weighted by molar-refractivity contribution is 0.251.